The fourth-order valence-corrected chi connectivity index (χ4v) is 6.66. The summed E-state index contributed by atoms with van der Waals surface area (Å²) in [6.45, 7) is 4.46. The molecule has 0 aromatic carbocycles. The van der Waals surface area contributed by atoms with E-state index in [2.05, 4.69) is 13.8 Å². The zero-order valence-corrected chi connectivity index (χ0v) is 13.7. The van der Waals surface area contributed by atoms with Crippen molar-refractivity contribution in [2.75, 3.05) is 0 Å². The molecule has 0 spiro atoms. The zero-order chi connectivity index (χ0) is 15.7. The minimum atomic E-state index is -0.346. The van der Waals surface area contributed by atoms with Crippen LogP contribution < -0.4 is 0 Å². The van der Waals surface area contributed by atoms with Gasteiger partial charge in [0.25, 0.3) is 0 Å². The third-order valence-electron chi connectivity index (χ3n) is 7.84. The molecule has 0 aromatic rings. The van der Waals surface area contributed by atoms with Crippen molar-refractivity contribution in [1.82, 2.24) is 0 Å². The standard InChI is InChI=1S/C19H28O3/c1-18-8-7-12(20)9-11(18)3-4-13-14-5-6-16(22)19(14,2)10-15(21)17(13)18/h9,13-17,21-22H,3-8,10H2,1-2H3/t13-,14-,15?,16-,17+,18-,19-/m0/s1. The maximum Gasteiger partial charge on any atom is 0.155 e. The van der Waals surface area contributed by atoms with E-state index < -0.39 is 0 Å². The smallest absolute Gasteiger partial charge is 0.155 e. The third-order valence-corrected chi connectivity index (χ3v) is 7.84. The van der Waals surface area contributed by atoms with Gasteiger partial charge >= 0.3 is 0 Å². The van der Waals surface area contributed by atoms with Crippen LogP contribution in [0.4, 0.5) is 0 Å². The van der Waals surface area contributed by atoms with Crippen LogP contribution in [0.5, 0.6) is 0 Å². The van der Waals surface area contributed by atoms with E-state index in [-0.39, 0.29) is 34.7 Å². The molecule has 0 aromatic heterocycles. The first kappa shape index (κ1) is 14.9. The van der Waals surface area contributed by atoms with Gasteiger partial charge in [-0.25, -0.2) is 0 Å². The fourth-order valence-electron chi connectivity index (χ4n) is 6.66. The van der Waals surface area contributed by atoms with E-state index in [1.54, 1.807) is 0 Å². The number of allylic oxidation sites excluding steroid dienone is 1. The monoisotopic (exact) mass is 304 g/mol. The predicted molar refractivity (Wildman–Crippen MR) is 84.1 cm³/mol. The topological polar surface area (TPSA) is 57.5 Å². The number of hydrogen-bond acceptors (Lipinski definition) is 3. The Morgan fingerprint density at radius 2 is 1.91 bits per heavy atom. The number of hydrogen-bond donors (Lipinski definition) is 2. The van der Waals surface area contributed by atoms with Crippen molar-refractivity contribution in [2.24, 2.45) is 28.6 Å². The first-order valence-electron chi connectivity index (χ1n) is 8.96. The molecule has 0 aliphatic heterocycles. The first-order valence-corrected chi connectivity index (χ1v) is 8.96. The van der Waals surface area contributed by atoms with E-state index in [1.165, 1.54) is 5.57 Å². The van der Waals surface area contributed by atoms with E-state index in [9.17, 15) is 15.0 Å². The summed E-state index contributed by atoms with van der Waals surface area (Å²) in [7, 11) is 0. The second-order valence-electron chi connectivity index (χ2n) is 8.76. The molecular weight excluding hydrogens is 276 g/mol. The molecule has 0 heterocycles. The number of carbonyl (C=O) groups is 1. The van der Waals surface area contributed by atoms with Gasteiger partial charge in [-0.15, -0.1) is 0 Å². The van der Waals surface area contributed by atoms with Crippen LogP contribution >= 0.6 is 0 Å². The van der Waals surface area contributed by atoms with Crippen molar-refractivity contribution < 1.29 is 15.0 Å². The molecular formula is C19H28O3. The summed E-state index contributed by atoms with van der Waals surface area (Å²) in [5.74, 6) is 1.56. The summed E-state index contributed by atoms with van der Waals surface area (Å²) in [5, 5.41) is 21.4. The van der Waals surface area contributed by atoms with Crippen molar-refractivity contribution in [3.8, 4) is 0 Å². The Hall–Kier alpha value is -0.670. The van der Waals surface area contributed by atoms with Crippen LogP contribution in [0.25, 0.3) is 0 Å². The molecule has 3 heteroatoms. The molecule has 0 bridgehead atoms. The summed E-state index contributed by atoms with van der Waals surface area (Å²) in [6.07, 6.45) is 7.56. The predicted octanol–water partition coefficient (Wildman–Crippen LogP) is 2.85. The van der Waals surface area contributed by atoms with Crippen LogP contribution in [0, 0.1) is 28.6 Å². The Morgan fingerprint density at radius 1 is 1.14 bits per heavy atom. The summed E-state index contributed by atoms with van der Waals surface area (Å²) in [4.78, 5) is 11.8. The Morgan fingerprint density at radius 3 is 2.68 bits per heavy atom. The van der Waals surface area contributed by atoms with Crippen molar-refractivity contribution >= 4 is 5.78 Å². The minimum Gasteiger partial charge on any atom is -0.393 e. The molecule has 0 amide bonds. The first-order chi connectivity index (χ1) is 10.4. The molecule has 1 unspecified atom stereocenters. The summed E-state index contributed by atoms with van der Waals surface area (Å²) < 4.78 is 0. The molecule has 7 atom stereocenters. The van der Waals surface area contributed by atoms with Gasteiger partial charge < -0.3 is 10.2 Å². The van der Waals surface area contributed by atoms with Crippen LogP contribution in [0.2, 0.25) is 0 Å². The van der Waals surface area contributed by atoms with Gasteiger partial charge in [0.2, 0.25) is 0 Å². The van der Waals surface area contributed by atoms with Crippen LogP contribution in [0.1, 0.15) is 58.8 Å². The number of carbonyl (C=O) groups excluding carboxylic acids is 1. The molecule has 2 N–H and O–H groups in total. The Bertz CT molecular complexity index is 539. The number of aliphatic hydroxyl groups is 2. The molecule has 122 valence electrons. The molecule has 0 radical (unpaired) electrons. The lowest BCUT2D eigenvalue weighted by Crippen LogP contribution is -2.57. The SMILES string of the molecule is C[C@]12CC(O)[C@H]3[C@@H](CCC4=CC(=O)CC[C@@]43C)[C@@H]1CC[C@@H]2O. The minimum absolute atomic E-state index is 0.00881. The van der Waals surface area contributed by atoms with Crippen molar-refractivity contribution in [1.29, 1.82) is 0 Å². The van der Waals surface area contributed by atoms with Gasteiger partial charge in [0.15, 0.2) is 5.78 Å². The van der Waals surface area contributed by atoms with E-state index in [4.69, 9.17) is 0 Å². The van der Waals surface area contributed by atoms with Crippen LogP contribution in [-0.4, -0.2) is 28.2 Å². The maximum absolute atomic E-state index is 11.8. The highest BCUT2D eigenvalue weighted by Crippen LogP contribution is 2.65. The lowest BCUT2D eigenvalue weighted by atomic mass is 9.46. The Labute approximate surface area is 132 Å². The molecule has 4 aliphatic rings. The molecule has 4 aliphatic carbocycles. The third kappa shape index (κ3) is 1.78. The molecule has 3 fully saturated rings. The lowest BCUT2D eigenvalue weighted by molar-refractivity contribution is -0.142. The van der Waals surface area contributed by atoms with Gasteiger partial charge in [-0.05, 0) is 73.2 Å². The van der Waals surface area contributed by atoms with Crippen molar-refractivity contribution in [2.45, 2.75) is 71.0 Å². The number of aliphatic hydroxyl groups excluding tert-OH is 2. The van der Waals surface area contributed by atoms with Gasteiger partial charge in [0.1, 0.15) is 0 Å². The van der Waals surface area contributed by atoms with E-state index in [0.717, 1.165) is 38.5 Å². The van der Waals surface area contributed by atoms with Crippen LogP contribution in [-0.2, 0) is 4.79 Å². The molecule has 3 saturated carbocycles. The van der Waals surface area contributed by atoms with Crippen LogP contribution in [0.15, 0.2) is 11.6 Å². The number of fused-ring (bicyclic) bond motifs is 5. The van der Waals surface area contributed by atoms with Gasteiger partial charge in [0, 0.05) is 6.42 Å². The summed E-state index contributed by atoms with van der Waals surface area (Å²) >= 11 is 0. The molecule has 3 nitrogen and oxygen atoms in total. The largest absolute Gasteiger partial charge is 0.393 e. The van der Waals surface area contributed by atoms with Gasteiger partial charge in [-0.3, -0.25) is 4.79 Å². The molecule has 0 saturated heterocycles. The van der Waals surface area contributed by atoms with E-state index >= 15 is 0 Å². The summed E-state index contributed by atoms with van der Waals surface area (Å²) in [5.41, 5.74) is 1.17. The van der Waals surface area contributed by atoms with Crippen molar-refractivity contribution in [3.63, 3.8) is 0 Å². The highest BCUT2D eigenvalue weighted by atomic mass is 16.3. The Balaban J connectivity index is 1.74. The lowest BCUT2D eigenvalue weighted by Gasteiger charge is -2.59. The van der Waals surface area contributed by atoms with Gasteiger partial charge in [-0.2, -0.15) is 0 Å². The second kappa shape index (κ2) is 4.67. The maximum atomic E-state index is 11.8. The number of rotatable bonds is 0. The molecule has 4 rings (SSSR count). The van der Waals surface area contributed by atoms with Gasteiger partial charge in [0.05, 0.1) is 12.2 Å². The Kier molecular flexibility index (Phi) is 3.16. The van der Waals surface area contributed by atoms with E-state index in [0.29, 0.717) is 18.3 Å². The second-order valence-corrected chi connectivity index (χ2v) is 8.76. The zero-order valence-electron chi connectivity index (χ0n) is 13.7. The summed E-state index contributed by atoms with van der Waals surface area (Å²) in [6, 6.07) is 0. The average Bonchev–Trinajstić information content (AvgIpc) is 2.75. The highest BCUT2D eigenvalue weighted by molar-refractivity contribution is 5.91. The quantitative estimate of drug-likeness (QED) is 0.723. The number of ketones is 1. The molecule has 22 heavy (non-hydrogen) atoms. The normalized spacial score (nSPS) is 54.3. The fraction of sp³-hybridized carbons (Fsp3) is 0.842. The van der Waals surface area contributed by atoms with Gasteiger partial charge in [-0.1, -0.05) is 19.4 Å². The van der Waals surface area contributed by atoms with Crippen molar-refractivity contribution in [3.05, 3.63) is 11.6 Å². The van der Waals surface area contributed by atoms with E-state index in [1.807, 2.05) is 6.08 Å². The average molecular weight is 304 g/mol. The van der Waals surface area contributed by atoms with Crippen LogP contribution in [0.3, 0.4) is 0 Å². The highest BCUT2D eigenvalue weighted by Gasteiger charge is 2.61.